The van der Waals surface area contributed by atoms with Crippen molar-refractivity contribution in [1.82, 2.24) is 34.9 Å². The number of likely N-dealkylation sites (tertiary alicyclic amines) is 1. The number of carbonyl (C=O) groups excluding carboxylic acids is 2. The van der Waals surface area contributed by atoms with E-state index in [4.69, 9.17) is 5.10 Å². The third-order valence-electron chi connectivity index (χ3n) is 9.13. The van der Waals surface area contributed by atoms with E-state index in [0.29, 0.717) is 41.2 Å². The van der Waals surface area contributed by atoms with Crippen LogP contribution in [0.5, 0.6) is 0 Å². The molecule has 2 aliphatic heterocycles. The van der Waals surface area contributed by atoms with Gasteiger partial charge in [-0.25, -0.2) is 9.97 Å². The molecular weight excluding hydrogens is 596 g/mol. The van der Waals surface area contributed by atoms with Crippen molar-refractivity contribution < 1.29 is 9.59 Å². The maximum atomic E-state index is 13.0. The molecule has 6 heterocycles. The summed E-state index contributed by atoms with van der Waals surface area (Å²) in [6, 6.07) is 15.3. The zero-order valence-electron chi connectivity index (χ0n) is 26.1. The Labute approximate surface area is 270 Å². The first-order valence-corrected chi connectivity index (χ1v) is 15.8. The number of fused-ring (bicyclic) bond motifs is 4. The Hall–Kier alpha value is -5.56. The maximum absolute atomic E-state index is 13.0. The van der Waals surface area contributed by atoms with E-state index < -0.39 is 0 Å². The van der Waals surface area contributed by atoms with Crippen LogP contribution in [-0.2, 0) is 17.9 Å². The average Bonchev–Trinajstić information content (AvgIpc) is 3.83. The van der Waals surface area contributed by atoms with Gasteiger partial charge < -0.3 is 25.8 Å². The molecule has 2 amide bonds. The first-order chi connectivity index (χ1) is 22.9. The zero-order valence-corrected chi connectivity index (χ0v) is 26.1. The minimum Gasteiger partial charge on any atom is -0.366 e. The fourth-order valence-corrected chi connectivity index (χ4v) is 6.61. The van der Waals surface area contributed by atoms with Gasteiger partial charge in [-0.2, -0.15) is 5.10 Å². The van der Waals surface area contributed by atoms with Crippen molar-refractivity contribution in [2.45, 2.75) is 32.0 Å². The monoisotopic (exact) mass is 630 g/mol. The predicted molar refractivity (Wildman–Crippen MR) is 179 cm³/mol. The molecule has 13 nitrogen and oxygen atoms in total. The first-order valence-electron chi connectivity index (χ1n) is 15.8. The summed E-state index contributed by atoms with van der Waals surface area (Å²) in [6.07, 6.45) is 5.28. The van der Waals surface area contributed by atoms with E-state index >= 15 is 0 Å². The number of benzene rings is 1. The number of aromatic amines is 1. The summed E-state index contributed by atoms with van der Waals surface area (Å²) in [5, 5.41) is 14.3. The highest BCUT2D eigenvalue weighted by molar-refractivity contribution is 6.00. The lowest BCUT2D eigenvalue weighted by atomic mass is 9.97. The van der Waals surface area contributed by atoms with Crippen LogP contribution in [0.25, 0.3) is 22.0 Å². The highest BCUT2D eigenvalue weighted by Gasteiger charge is 2.34. The molecule has 1 aliphatic carbocycles. The lowest BCUT2D eigenvalue weighted by Gasteiger charge is -2.40. The van der Waals surface area contributed by atoms with Gasteiger partial charge in [0.1, 0.15) is 11.5 Å². The Morgan fingerprint density at radius 1 is 1.02 bits per heavy atom. The molecule has 47 heavy (non-hydrogen) atoms. The Bertz CT molecular complexity index is 2110. The summed E-state index contributed by atoms with van der Waals surface area (Å²) in [7, 11) is 3.66. The van der Waals surface area contributed by atoms with Gasteiger partial charge >= 0.3 is 0 Å². The Morgan fingerprint density at radius 3 is 2.66 bits per heavy atom. The number of aromatic nitrogens is 5. The standard InChI is InChI=1S/C34H34N10O3/c1-35-33(46)26-8-3-5-20(38-26)15-43-16-21(17-43)44-28-18-42(2)31-22(23(28)14-37-44)6-4-7-25(31)39-27-13-29(41-32(45)19-9-10-19)40-24-11-12-36-34(47)30(24)27/h3-8,11-14,19,21H,9-10,15-18H2,1-2H3,(H,35,46)(H,36,47)(H2,39,40,41,45). The van der Waals surface area contributed by atoms with Crippen LogP contribution >= 0.6 is 0 Å². The minimum atomic E-state index is -0.260. The Kier molecular flexibility index (Phi) is 6.98. The molecule has 0 bridgehead atoms. The van der Waals surface area contributed by atoms with Crippen molar-refractivity contribution in [2.75, 3.05) is 42.7 Å². The zero-order chi connectivity index (χ0) is 32.2. The number of carbonyl (C=O) groups is 2. The second-order valence-electron chi connectivity index (χ2n) is 12.5. The molecule has 1 aromatic carbocycles. The van der Waals surface area contributed by atoms with Crippen molar-refractivity contribution in [1.29, 1.82) is 0 Å². The summed E-state index contributed by atoms with van der Waals surface area (Å²) in [5.74, 6) is 0.202. The van der Waals surface area contributed by atoms with Crippen molar-refractivity contribution in [3.05, 3.63) is 88.4 Å². The molecule has 13 heteroatoms. The number of para-hydroxylation sites is 1. The van der Waals surface area contributed by atoms with Gasteiger partial charge in [-0.15, -0.1) is 0 Å². The fourth-order valence-electron chi connectivity index (χ4n) is 6.61. The van der Waals surface area contributed by atoms with Crippen LogP contribution in [-0.4, -0.2) is 68.6 Å². The third kappa shape index (κ3) is 5.27. The van der Waals surface area contributed by atoms with Gasteiger partial charge in [-0.05, 0) is 37.1 Å². The molecule has 4 N–H and O–H groups in total. The van der Waals surface area contributed by atoms with Gasteiger partial charge in [0, 0.05) is 63.0 Å². The molecule has 238 valence electrons. The summed E-state index contributed by atoms with van der Waals surface area (Å²) in [5.41, 5.74) is 7.19. The molecule has 0 unspecified atom stereocenters. The molecule has 0 spiro atoms. The van der Waals surface area contributed by atoms with E-state index in [1.165, 1.54) is 0 Å². The number of hydrogen-bond donors (Lipinski definition) is 4. The Balaban J connectivity index is 1.05. The summed E-state index contributed by atoms with van der Waals surface area (Å²) < 4.78 is 2.14. The summed E-state index contributed by atoms with van der Waals surface area (Å²) >= 11 is 0. The van der Waals surface area contributed by atoms with Crippen LogP contribution in [0.15, 0.2) is 65.7 Å². The summed E-state index contributed by atoms with van der Waals surface area (Å²) in [6.45, 7) is 3.00. The third-order valence-corrected chi connectivity index (χ3v) is 9.13. The SMILES string of the molecule is CNC(=O)c1cccc(CN2CC(n3ncc4c3CN(C)c3c(Nc5cc(NC(=O)C6CC6)nc6cc[nH]c(=O)c56)cccc3-4)C2)n1. The van der Waals surface area contributed by atoms with E-state index in [2.05, 4.69) is 58.5 Å². The van der Waals surface area contributed by atoms with Gasteiger partial charge in [-0.3, -0.25) is 24.0 Å². The molecule has 5 aromatic rings. The molecule has 2 fully saturated rings. The molecular formula is C34H34N10O3. The topological polar surface area (TPSA) is 153 Å². The van der Waals surface area contributed by atoms with Crippen LogP contribution < -0.4 is 26.4 Å². The highest BCUT2D eigenvalue weighted by atomic mass is 16.2. The molecule has 1 saturated carbocycles. The molecule has 1 saturated heterocycles. The number of hydrogen-bond acceptors (Lipinski definition) is 9. The van der Waals surface area contributed by atoms with Crippen LogP contribution in [0.2, 0.25) is 0 Å². The van der Waals surface area contributed by atoms with Gasteiger partial charge in [0.05, 0.1) is 58.1 Å². The summed E-state index contributed by atoms with van der Waals surface area (Å²) in [4.78, 5) is 53.9. The number of nitrogens with one attached hydrogen (secondary N) is 4. The Morgan fingerprint density at radius 2 is 1.85 bits per heavy atom. The highest BCUT2D eigenvalue weighted by Crippen LogP contribution is 2.45. The van der Waals surface area contributed by atoms with E-state index in [0.717, 1.165) is 59.8 Å². The van der Waals surface area contributed by atoms with Gasteiger partial charge in [-0.1, -0.05) is 18.2 Å². The molecule has 3 aliphatic rings. The maximum Gasteiger partial charge on any atom is 0.269 e. The number of amides is 2. The normalized spacial score (nSPS) is 15.9. The van der Waals surface area contributed by atoms with E-state index in [1.807, 2.05) is 30.5 Å². The lowest BCUT2D eigenvalue weighted by molar-refractivity contribution is -0.117. The van der Waals surface area contributed by atoms with Crippen LogP contribution in [0.4, 0.5) is 22.9 Å². The largest absolute Gasteiger partial charge is 0.366 e. The van der Waals surface area contributed by atoms with Crippen molar-refractivity contribution in [2.24, 2.45) is 5.92 Å². The van der Waals surface area contributed by atoms with Gasteiger partial charge in [0.15, 0.2) is 0 Å². The van der Waals surface area contributed by atoms with Crippen molar-refractivity contribution in [3.8, 4) is 11.1 Å². The number of nitrogens with zero attached hydrogens (tertiary/aromatic N) is 6. The van der Waals surface area contributed by atoms with Crippen LogP contribution in [0.1, 0.15) is 40.8 Å². The molecule has 8 rings (SSSR count). The molecule has 4 aromatic heterocycles. The number of pyridine rings is 3. The van der Waals surface area contributed by atoms with Crippen LogP contribution in [0, 0.1) is 5.92 Å². The van der Waals surface area contributed by atoms with Gasteiger partial charge in [0.2, 0.25) is 5.91 Å². The van der Waals surface area contributed by atoms with E-state index in [1.54, 1.807) is 31.4 Å². The quantitative estimate of drug-likeness (QED) is 0.201. The van der Waals surface area contributed by atoms with Crippen molar-refractivity contribution >= 4 is 45.6 Å². The van der Waals surface area contributed by atoms with Crippen molar-refractivity contribution in [3.63, 3.8) is 0 Å². The second-order valence-corrected chi connectivity index (χ2v) is 12.5. The predicted octanol–water partition coefficient (Wildman–Crippen LogP) is 3.64. The second kappa shape index (κ2) is 11.4. The first kappa shape index (κ1) is 28.9. The average molecular weight is 631 g/mol. The number of anilines is 4. The lowest BCUT2D eigenvalue weighted by Crippen LogP contribution is -2.48. The number of rotatable bonds is 8. The molecule has 0 radical (unpaired) electrons. The molecule has 0 atom stereocenters. The van der Waals surface area contributed by atoms with E-state index in [-0.39, 0.29) is 29.3 Å². The van der Waals surface area contributed by atoms with Gasteiger partial charge in [0.25, 0.3) is 11.5 Å². The fraction of sp³-hybridized carbons (Fsp3) is 0.294. The van der Waals surface area contributed by atoms with Crippen LogP contribution in [0.3, 0.4) is 0 Å². The smallest absolute Gasteiger partial charge is 0.269 e. The van der Waals surface area contributed by atoms with E-state index in [9.17, 15) is 14.4 Å². The number of H-pyrrole nitrogens is 1. The minimum absolute atomic E-state index is 0.0281.